The summed E-state index contributed by atoms with van der Waals surface area (Å²) in [6.45, 7) is 18.6. The summed E-state index contributed by atoms with van der Waals surface area (Å²) in [7, 11) is 1.70. The van der Waals surface area contributed by atoms with Crippen molar-refractivity contribution in [1.82, 2.24) is 29.4 Å². The number of hydrogen-bond donors (Lipinski definition) is 2. The van der Waals surface area contributed by atoms with Crippen LogP contribution in [0, 0.1) is 18.8 Å². The maximum Gasteiger partial charge on any atom is 0.321 e. The predicted octanol–water partition coefficient (Wildman–Crippen LogP) is 6.18. The van der Waals surface area contributed by atoms with Crippen molar-refractivity contribution in [1.29, 1.82) is 0 Å². The van der Waals surface area contributed by atoms with Crippen molar-refractivity contribution < 1.29 is 9.59 Å². The Labute approximate surface area is 267 Å². The second kappa shape index (κ2) is 14.8. The molecule has 0 bridgehead atoms. The van der Waals surface area contributed by atoms with E-state index in [-0.39, 0.29) is 17.5 Å². The van der Waals surface area contributed by atoms with E-state index in [2.05, 4.69) is 70.2 Å². The second-order valence-corrected chi connectivity index (χ2v) is 13.0. The Morgan fingerprint density at radius 2 is 1.89 bits per heavy atom. The topological polar surface area (TPSA) is 120 Å². The number of nitrogens with one attached hydrogen (secondary N) is 2. The van der Waals surface area contributed by atoms with Gasteiger partial charge in [0, 0.05) is 49.9 Å². The smallest absolute Gasteiger partial charge is 0.321 e. The van der Waals surface area contributed by atoms with Gasteiger partial charge in [0.25, 0.3) is 5.91 Å². The van der Waals surface area contributed by atoms with Crippen LogP contribution < -0.4 is 10.6 Å². The number of amides is 3. The fourth-order valence-electron chi connectivity index (χ4n) is 5.42. The number of likely N-dealkylation sites (tertiary alicyclic amines) is 2. The van der Waals surface area contributed by atoms with E-state index in [1.54, 1.807) is 49.4 Å². The van der Waals surface area contributed by atoms with E-state index in [1.165, 1.54) is 25.5 Å². The third-order valence-corrected chi connectivity index (χ3v) is 8.72. The molecule has 0 spiro atoms. The minimum atomic E-state index is -0.338. The first-order valence-corrected chi connectivity index (χ1v) is 16.0. The summed E-state index contributed by atoms with van der Waals surface area (Å²) < 4.78 is 1.62. The van der Waals surface area contributed by atoms with Crippen LogP contribution >= 0.6 is 0 Å². The van der Waals surface area contributed by atoms with Gasteiger partial charge in [-0.25, -0.2) is 9.31 Å². The van der Waals surface area contributed by atoms with Crippen molar-refractivity contribution in [2.75, 3.05) is 43.9 Å². The van der Waals surface area contributed by atoms with Crippen LogP contribution in [-0.2, 0) is 0 Å². The largest absolute Gasteiger partial charge is 0.324 e. The number of urea groups is 1. The second-order valence-electron chi connectivity index (χ2n) is 13.0. The van der Waals surface area contributed by atoms with Gasteiger partial charge in [-0.1, -0.05) is 33.3 Å². The van der Waals surface area contributed by atoms with Gasteiger partial charge in [0.15, 0.2) is 0 Å². The van der Waals surface area contributed by atoms with Crippen molar-refractivity contribution in [3.8, 4) is 0 Å². The van der Waals surface area contributed by atoms with Gasteiger partial charge in [0.2, 0.25) is 0 Å². The quantitative estimate of drug-likeness (QED) is 0.292. The van der Waals surface area contributed by atoms with Crippen molar-refractivity contribution >= 4 is 40.6 Å². The van der Waals surface area contributed by atoms with Crippen LogP contribution in [0.3, 0.4) is 0 Å². The number of fused-ring (bicyclic) bond motifs is 1. The van der Waals surface area contributed by atoms with E-state index in [0.717, 1.165) is 37.7 Å². The van der Waals surface area contributed by atoms with Crippen LogP contribution in [0.25, 0.3) is 11.1 Å². The van der Waals surface area contributed by atoms with Gasteiger partial charge in [-0.15, -0.1) is 0 Å². The molecule has 2 fully saturated rings. The number of anilines is 2. The summed E-state index contributed by atoms with van der Waals surface area (Å²) in [6.07, 6.45) is 13.9. The monoisotopic (exact) mass is 615 g/mol. The SMILES string of the molecule is C/C=C(\C=NC)c1cn2ncc(C(=O)Nc3cc(NC(=O)N4CC(CN5CCCC5(C)C)C4)cnc3C)c2cn1.CCC(C)C. The number of rotatable bonds is 8. The first-order valence-electron chi connectivity index (χ1n) is 16.0. The van der Waals surface area contributed by atoms with Gasteiger partial charge in [-0.05, 0) is 59.1 Å². The molecule has 0 saturated carbocycles. The summed E-state index contributed by atoms with van der Waals surface area (Å²) in [4.78, 5) is 43.3. The van der Waals surface area contributed by atoms with E-state index < -0.39 is 0 Å². The summed E-state index contributed by atoms with van der Waals surface area (Å²) in [5.74, 6) is 1.04. The first-order chi connectivity index (χ1) is 21.4. The molecule has 242 valence electrons. The predicted molar refractivity (Wildman–Crippen MR) is 182 cm³/mol. The van der Waals surface area contributed by atoms with Gasteiger partial charge in [-0.3, -0.25) is 24.7 Å². The highest BCUT2D eigenvalue weighted by Gasteiger charge is 2.38. The minimum Gasteiger partial charge on any atom is -0.324 e. The van der Waals surface area contributed by atoms with Crippen molar-refractivity contribution in [2.24, 2.45) is 16.8 Å². The van der Waals surface area contributed by atoms with Crippen LogP contribution in [0.1, 0.15) is 82.6 Å². The molecule has 0 unspecified atom stereocenters. The molecule has 11 heteroatoms. The average Bonchev–Trinajstić information content (AvgIpc) is 3.56. The molecule has 0 radical (unpaired) electrons. The standard InChI is InChI=1S/C29H37N9O2.C5H12/c1-6-21(11-30-5)25-18-38-26(14-32-25)23(13-33-38)27(39)35-24-10-22(12-31-19(24)2)34-28(40)36-15-20(16-36)17-37-9-7-8-29(37,3)4;1-4-5(2)3/h6,10-14,18,20H,7-9,15-17H2,1-5H3,(H,34,40)(H,35,39);5H,4H2,1-3H3/b21-6+,30-11?;. The number of aromatic nitrogens is 4. The Bertz CT molecular complexity index is 1550. The molecule has 5 heterocycles. The Morgan fingerprint density at radius 3 is 2.51 bits per heavy atom. The molecule has 0 aliphatic carbocycles. The lowest BCUT2D eigenvalue weighted by Gasteiger charge is -2.43. The molecule has 2 aliphatic rings. The molecular weight excluding hydrogens is 566 g/mol. The van der Waals surface area contributed by atoms with Gasteiger partial charge in [-0.2, -0.15) is 5.10 Å². The third kappa shape index (κ3) is 8.33. The van der Waals surface area contributed by atoms with Crippen molar-refractivity contribution in [3.63, 3.8) is 0 Å². The number of pyridine rings is 1. The lowest BCUT2D eigenvalue weighted by Crippen LogP contribution is -2.56. The van der Waals surface area contributed by atoms with Crippen LogP contribution in [0.5, 0.6) is 0 Å². The zero-order valence-electron chi connectivity index (χ0n) is 28.1. The minimum absolute atomic E-state index is 0.155. The van der Waals surface area contributed by atoms with Gasteiger partial charge >= 0.3 is 6.03 Å². The van der Waals surface area contributed by atoms with Crippen LogP contribution in [0.15, 0.2) is 41.9 Å². The molecule has 2 saturated heterocycles. The van der Waals surface area contributed by atoms with E-state index in [9.17, 15) is 9.59 Å². The van der Waals surface area contributed by atoms with Crippen molar-refractivity contribution in [3.05, 3.63) is 53.9 Å². The maximum atomic E-state index is 13.2. The Balaban J connectivity index is 0.000000854. The van der Waals surface area contributed by atoms with Crippen LogP contribution in [0.4, 0.5) is 16.2 Å². The molecule has 0 aromatic carbocycles. The molecule has 2 aliphatic heterocycles. The lowest BCUT2D eigenvalue weighted by atomic mass is 9.96. The Kier molecular flexibility index (Phi) is 11.1. The van der Waals surface area contributed by atoms with Crippen LogP contribution in [0.2, 0.25) is 0 Å². The highest BCUT2D eigenvalue weighted by Crippen LogP contribution is 2.31. The number of allylic oxidation sites excluding steroid dienone is 2. The highest BCUT2D eigenvalue weighted by molar-refractivity contribution is 6.10. The van der Waals surface area contributed by atoms with Gasteiger partial charge in [0.1, 0.15) is 0 Å². The van der Waals surface area contributed by atoms with Crippen LogP contribution in [-0.4, -0.2) is 86.3 Å². The number of aliphatic imine (C=N–C) groups is 1. The fraction of sp³-hybridized carbons (Fsp3) is 0.529. The molecule has 0 atom stereocenters. The molecule has 11 nitrogen and oxygen atoms in total. The Morgan fingerprint density at radius 1 is 1.16 bits per heavy atom. The van der Waals surface area contributed by atoms with Crippen molar-refractivity contribution in [2.45, 2.75) is 73.3 Å². The maximum absolute atomic E-state index is 13.2. The van der Waals surface area contributed by atoms with E-state index in [0.29, 0.717) is 39.8 Å². The highest BCUT2D eigenvalue weighted by atomic mass is 16.2. The zero-order valence-corrected chi connectivity index (χ0v) is 28.1. The summed E-state index contributed by atoms with van der Waals surface area (Å²) >= 11 is 0. The van der Waals surface area contributed by atoms with E-state index in [4.69, 9.17) is 0 Å². The number of hydrogen-bond acceptors (Lipinski definition) is 7. The number of carbonyl (C=O) groups is 2. The average molecular weight is 616 g/mol. The molecule has 5 rings (SSSR count). The number of carbonyl (C=O) groups excluding carboxylic acids is 2. The van der Waals surface area contributed by atoms with E-state index in [1.807, 2.05) is 17.9 Å². The zero-order chi connectivity index (χ0) is 32.7. The lowest BCUT2D eigenvalue weighted by molar-refractivity contribution is 0.0717. The third-order valence-electron chi connectivity index (χ3n) is 8.72. The van der Waals surface area contributed by atoms with E-state index >= 15 is 0 Å². The molecule has 2 N–H and O–H groups in total. The molecule has 3 amide bonds. The number of nitrogens with zero attached hydrogens (tertiary/aromatic N) is 7. The molecule has 45 heavy (non-hydrogen) atoms. The molecule has 3 aromatic rings. The fourth-order valence-corrected chi connectivity index (χ4v) is 5.42. The summed E-state index contributed by atoms with van der Waals surface area (Å²) in [5.41, 5.74) is 4.44. The summed E-state index contributed by atoms with van der Waals surface area (Å²) in [5, 5.41) is 10.2. The van der Waals surface area contributed by atoms with Gasteiger partial charge < -0.3 is 15.5 Å². The molecular formula is C34H49N9O2. The Hall–Kier alpha value is -4.12. The molecule has 3 aromatic heterocycles. The first kappa shape index (κ1) is 33.8. The summed E-state index contributed by atoms with van der Waals surface area (Å²) in [6, 6.07) is 1.57. The normalized spacial score (nSPS) is 17.0. The van der Waals surface area contributed by atoms with Gasteiger partial charge in [0.05, 0.1) is 58.6 Å². The number of aryl methyl sites for hydroxylation is 1.